The monoisotopic (exact) mass is 383 g/mol. The van der Waals surface area contributed by atoms with Crippen molar-refractivity contribution in [3.63, 3.8) is 0 Å². The summed E-state index contributed by atoms with van der Waals surface area (Å²) in [6, 6.07) is 11.5. The Balaban J connectivity index is 1.80. The van der Waals surface area contributed by atoms with E-state index in [1.807, 2.05) is 11.8 Å². The molecule has 1 heterocycles. The zero-order chi connectivity index (χ0) is 19.4. The molecule has 6 nitrogen and oxygen atoms in total. The summed E-state index contributed by atoms with van der Waals surface area (Å²) in [6.07, 6.45) is 3.02. The lowest BCUT2D eigenvalue weighted by molar-refractivity contribution is -0.115. The molecule has 3 rings (SSSR count). The second-order valence-corrected chi connectivity index (χ2v) is 6.79. The van der Waals surface area contributed by atoms with Gasteiger partial charge in [0.25, 0.3) is 0 Å². The highest BCUT2D eigenvalue weighted by atomic mass is 35.5. The van der Waals surface area contributed by atoms with Crippen LogP contribution in [0.4, 0.5) is 11.4 Å². The number of aryl methyl sites for hydroxylation is 2. The minimum Gasteiger partial charge on any atom is -0.362 e. The normalized spacial score (nSPS) is 10.7. The molecule has 2 aromatic carbocycles. The number of amides is 1. The standard InChI is InChI=1S/C20H22ClN5O/c1-4-25(18-7-5-14(2)9-15(18)3)11-20(27)24-17-10-16(21)6-8-19(17)26-13-22-12-23-26/h5-10,12-13H,4,11H2,1-3H3,(H,24,27). The van der Waals surface area contributed by atoms with Crippen molar-refractivity contribution in [2.45, 2.75) is 20.8 Å². The highest BCUT2D eigenvalue weighted by molar-refractivity contribution is 6.31. The van der Waals surface area contributed by atoms with Gasteiger partial charge in [-0.15, -0.1) is 0 Å². The Labute approximate surface area is 163 Å². The average Bonchev–Trinajstić information content (AvgIpc) is 3.14. The van der Waals surface area contributed by atoms with E-state index in [-0.39, 0.29) is 12.5 Å². The largest absolute Gasteiger partial charge is 0.362 e. The van der Waals surface area contributed by atoms with Crippen LogP contribution in [0.2, 0.25) is 5.02 Å². The van der Waals surface area contributed by atoms with Crippen LogP contribution in [0, 0.1) is 13.8 Å². The summed E-state index contributed by atoms with van der Waals surface area (Å²) in [5.74, 6) is -0.125. The first kappa shape index (κ1) is 18.9. The molecule has 1 amide bonds. The molecule has 0 fully saturated rings. The van der Waals surface area contributed by atoms with Gasteiger partial charge in [-0.1, -0.05) is 29.3 Å². The fourth-order valence-corrected chi connectivity index (χ4v) is 3.20. The molecule has 0 unspecified atom stereocenters. The molecule has 3 aromatic rings. The van der Waals surface area contributed by atoms with Gasteiger partial charge in [-0.05, 0) is 50.6 Å². The minimum atomic E-state index is -0.125. The fourth-order valence-electron chi connectivity index (χ4n) is 3.03. The lowest BCUT2D eigenvalue weighted by Crippen LogP contribution is -2.33. The molecule has 140 valence electrons. The molecule has 0 saturated heterocycles. The van der Waals surface area contributed by atoms with E-state index in [4.69, 9.17) is 11.6 Å². The molecule has 0 aliphatic heterocycles. The maximum Gasteiger partial charge on any atom is 0.243 e. The number of nitrogens with zero attached hydrogens (tertiary/aromatic N) is 4. The first-order valence-corrected chi connectivity index (χ1v) is 9.12. The molecule has 0 atom stereocenters. The van der Waals surface area contributed by atoms with Gasteiger partial charge in [-0.25, -0.2) is 9.67 Å². The van der Waals surface area contributed by atoms with E-state index in [1.54, 1.807) is 29.2 Å². The smallest absolute Gasteiger partial charge is 0.243 e. The van der Waals surface area contributed by atoms with Gasteiger partial charge in [0, 0.05) is 17.3 Å². The van der Waals surface area contributed by atoms with Crippen LogP contribution in [0.25, 0.3) is 5.69 Å². The Morgan fingerprint density at radius 3 is 2.70 bits per heavy atom. The number of hydrogen-bond acceptors (Lipinski definition) is 4. The van der Waals surface area contributed by atoms with Gasteiger partial charge in [-0.3, -0.25) is 4.79 Å². The summed E-state index contributed by atoms with van der Waals surface area (Å²) in [7, 11) is 0. The zero-order valence-corrected chi connectivity index (χ0v) is 16.4. The van der Waals surface area contributed by atoms with E-state index >= 15 is 0 Å². The van der Waals surface area contributed by atoms with Gasteiger partial charge < -0.3 is 10.2 Å². The number of rotatable bonds is 6. The molecule has 0 aliphatic rings. The van der Waals surface area contributed by atoms with Gasteiger partial charge >= 0.3 is 0 Å². The highest BCUT2D eigenvalue weighted by Crippen LogP contribution is 2.25. The van der Waals surface area contributed by atoms with Crippen LogP contribution in [-0.4, -0.2) is 33.8 Å². The lowest BCUT2D eigenvalue weighted by atomic mass is 10.1. The fraction of sp³-hybridized carbons (Fsp3) is 0.250. The molecular weight excluding hydrogens is 362 g/mol. The van der Waals surface area contributed by atoms with Crippen molar-refractivity contribution >= 4 is 28.9 Å². The van der Waals surface area contributed by atoms with Crippen LogP contribution >= 0.6 is 11.6 Å². The Morgan fingerprint density at radius 2 is 2.04 bits per heavy atom. The molecule has 0 aliphatic carbocycles. The van der Waals surface area contributed by atoms with Gasteiger partial charge in [-0.2, -0.15) is 5.10 Å². The summed E-state index contributed by atoms with van der Waals surface area (Å²) in [5, 5.41) is 7.62. The molecule has 27 heavy (non-hydrogen) atoms. The number of likely N-dealkylation sites (N-methyl/N-ethyl adjacent to an activating group) is 1. The number of benzene rings is 2. The van der Waals surface area contributed by atoms with E-state index in [9.17, 15) is 4.79 Å². The Bertz CT molecular complexity index is 940. The summed E-state index contributed by atoms with van der Waals surface area (Å²) in [6.45, 7) is 7.12. The van der Waals surface area contributed by atoms with Crippen molar-refractivity contribution in [3.05, 3.63) is 65.2 Å². The third kappa shape index (κ3) is 4.46. The van der Waals surface area contributed by atoms with Gasteiger partial charge in [0.15, 0.2) is 0 Å². The van der Waals surface area contributed by atoms with Crippen LogP contribution in [0.5, 0.6) is 0 Å². The van der Waals surface area contributed by atoms with E-state index in [0.29, 0.717) is 16.4 Å². The van der Waals surface area contributed by atoms with Crippen molar-refractivity contribution in [1.82, 2.24) is 14.8 Å². The molecular formula is C20H22ClN5O. The van der Waals surface area contributed by atoms with Gasteiger partial charge in [0.2, 0.25) is 5.91 Å². The van der Waals surface area contributed by atoms with E-state index in [0.717, 1.165) is 17.8 Å². The summed E-state index contributed by atoms with van der Waals surface area (Å²) >= 11 is 6.12. The quantitative estimate of drug-likeness (QED) is 0.698. The predicted molar refractivity (Wildman–Crippen MR) is 109 cm³/mol. The van der Waals surface area contributed by atoms with Crippen LogP contribution in [0.1, 0.15) is 18.1 Å². The molecule has 1 aromatic heterocycles. The van der Waals surface area contributed by atoms with Crippen LogP contribution in [0.15, 0.2) is 49.1 Å². The maximum atomic E-state index is 12.7. The number of halogens is 1. The van der Waals surface area contributed by atoms with Crippen molar-refractivity contribution < 1.29 is 4.79 Å². The number of carbonyl (C=O) groups excluding carboxylic acids is 1. The molecule has 1 N–H and O–H groups in total. The summed E-state index contributed by atoms with van der Waals surface area (Å²) < 4.78 is 1.59. The van der Waals surface area contributed by atoms with Crippen molar-refractivity contribution in [3.8, 4) is 5.69 Å². The number of hydrogen-bond donors (Lipinski definition) is 1. The molecule has 0 radical (unpaired) electrons. The number of aromatic nitrogens is 3. The Morgan fingerprint density at radius 1 is 1.22 bits per heavy atom. The zero-order valence-electron chi connectivity index (χ0n) is 15.6. The first-order chi connectivity index (χ1) is 13.0. The van der Waals surface area contributed by atoms with Crippen molar-refractivity contribution in [2.75, 3.05) is 23.3 Å². The second kappa shape index (κ2) is 8.22. The van der Waals surface area contributed by atoms with Gasteiger partial charge in [0.1, 0.15) is 12.7 Å². The lowest BCUT2D eigenvalue weighted by Gasteiger charge is -2.25. The number of carbonyl (C=O) groups is 1. The molecule has 0 saturated carbocycles. The number of nitrogens with one attached hydrogen (secondary N) is 1. The van der Waals surface area contributed by atoms with Crippen LogP contribution < -0.4 is 10.2 Å². The first-order valence-electron chi connectivity index (χ1n) is 8.74. The predicted octanol–water partition coefficient (Wildman–Crippen LogP) is 4.00. The van der Waals surface area contributed by atoms with Crippen LogP contribution in [-0.2, 0) is 4.79 Å². The molecule has 7 heteroatoms. The molecule has 0 bridgehead atoms. The van der Waals surface area contributed by atoms with E-state index < -0.39 is 0 Å². The SMILES string of the molecule is CCN(CC(=O)Nc1cc(Cl)ccc1-n1cncn1)c1ccc(C)cc1C. The number of anilines is 2. The second-order valence-electron chi connectivity index (χ2n) is 6.35. The maximum absolute atomic E-state index is 12.7. The highest BCUT2D eigenvalue weighted by Gasteiger charge is 2.15. The minimum absolute atomic E-state index is 0.125. The summed E-state index contributed by atoms with van der Waals surface area (Å²) in [4.78, 5) is 18.7. The Hall–Kier alpha value is -2.86. The van der Waals surface area contributed by atoms with E-state index in [2.05, 4.69) is 47.4 Å². The molecule has 0 spiro atoms. The van der Waals surface area contributed by atoms with Crippen molar-refractivity contribution in [1.29, 1.82) is 0 Å². The van der Waals surface area contributed by atoms with Gasteiger partial charge in [0.05, 0.1) is 17.9 Å². The summed E-state index contributed by atoms with van der Waals surface area (Å²) in [5.41, 5.74) is 4.71. The third-order valence-electron chi connectivity index (χ3n) is 4.31. The van der Waals surface area contributed by atoms with Crippen molar-refractivity contribution in [2.24, 2.45) is 0 Å². The third-order valence-corrected chi connectivity index (χ3v) is 4.54. The topological polar surface area (TPSA) is 63.1 Å². The Kier molecular flexibility index (Phi) is 5.76. The van der Waals surface area contributed by atoms with Crippen LogP contribution in [0.3, 0.4) is 0 Å². The van der Waals surface area contributed by atoms with E-state index in [1.165, 1.54) is 11.9 Å². The average molecular weight is 384 g/mol.